The van der Waals surface area contributed by atoms with Gasteiger partial charge in [0.2, 0.25) is 0 Å². The Kier molecular flexibility index (Phi) is 5.71. The van der Waals surface area contributed by atoms with Gasteiger partial charge in [0.05, 0.1) is 0 Å². The van der Waals surface area contributed by atoms with Crippen LogP contribution in [0.2, 0.25) is 0 Å². The Morgan fingerprint density at radius 3 is 2.67 bits per heavy atom. The van der Waals surface area contributed by atoms with E-state index in [4.69, 9.17) is 0 Å². The summed E-state index contributed by atoms with van der Waals surface area (Å²) in [6.07, 6.45) is 5.66. The van der Waals surface area contributed by atoms with Crippen molar-refractivity contribution < 1.29 is 0 Å². The fourth-order valence-corrected chi connectivity index (χ4v) is 3.42. The molecule has 2 rings (SSSR count). The first-order valence-electron chi connectivity index (χ1n) is 6.81. The maximum Gasteiger partial charge on any atom is 0.0320 e. The molecule has 0 bridgehead atoms. The molecule has 100 valence electrons. The predicted molar refractivity (Wildman–Crippen MR) is 84.7 cm³/mol. The highest BCUT2D eigenvalue weighted by molar-refractivity contribution is 9.13. The van der Waals surface area contributed by atoms with Crippen molar-refractivity contribution in [3.63, 3.8) is 0 Å². The van der Waals surface area contributed by atoms with Crippen LogP contribution in [0.25, 0.3) is 0 Å². The summed E-state index contributed by atoms with van der Waals surface area (Å²) in [5.74, 6) is 1.76. The first kappa shape index (κ1) is 14.5. The molecule has 1 nitrogen and oxygen atoms in total. The molecule has 2 unspecified atom stereocenters. The van der Waals surface area contributed by atoms with E-state index < -0.39 is 0 Å². The van der Waals surface area contributed by atoms with Crippen molar-refractivity contribution in [1.82, 2.24) is 5.32 Å². The van der Waals surface area contributed by atoms with Crippen molar-refractivity contribution >= 4 is 31.9 Å². The molecule has 0 radical (unpaired) electrons. The Hall–Kier alpha value is 0.140. The minimum atomic E-state index is 0.873. The Labute approximate surface area is 127 Å². The molecule has 0 aliphatic heterocycles. The summed E-state index contributed by atoms with van der Waals surface area (Å²) in [6, 6.07) is 6.46. The molecule has 3 heteroatoms. The topological polar surface area (TPSA) is 12.0 Å². The third kappa shape index (κ3) is 4.07. The van der Waals surface area contributed by atoms with Gasteiger partial charge in [0.1, 0.15) is 0 Å². The van der Waals surface area contributed by atoms with Gasteiger partial charge in [-0.3, -0.25) is 0 Å². The third-order valence-electron chi connectivity index (χ3n) is 4.01. The molecule has 1 aliphatic carbocycles. The molecule has 2 atom stereocenters. The Morgan fingerprint density at radius 2 is 1.94 bits per heavy atom. The lowest BCUT2D eigenvalue weighted by atomic mass is 9.80. The van der Waals surface area contributed by atoms with Gasteiger partial charge in [-0.25, -0.2) is 0 Å². The smallest absolute Gasteiger partial charge is 0.0320 e. The molecule has 0 aromatic heterocycles. The summed E-state index contributed by atoms with van der Waals surface area (Å²) in [7, 11) is 0. The lowest BCUT2D eigenvalue weighted by Crippen LogP contribution is -2.29. The second-order valence-corrected chi connectivity index (χ2v) is 7.11. The zero-order chi connectivity index (χ0) is 13.0. The zero-order valence-corrected chi connectivity index (χ0v) is 14.1. The van der Waals surface area contributed by atoms with Crippen LogP contribution in [-0.2, 0) is 6.54 Å². The van der Waals surface area contributed by atoms with Crippen molar-refractivity contribution in [3.8, 4) is 0 Å². The van der Waals surface area contributed by atoms with E-state index in [2.05, 4.69) is 62.3 Å². The zero-order valence-electron chi connectivity index (χ0n) is 10.9. The van der Waals surface area contributed by atoms with E-state index in [-0.39, 0.29) is 0 Å². The first-order chi connectivity index (χ1) is 8.66. The molecule has 1 fully saturated rings. The van der Waals surface area contributed by atoms with Crippen LogP contribution < -0.4 is 5.32 Å². The molecule has 1 aromatic carbocycles. The molecule has 0 amide bonds. The summed E-state index contributed by atoms with van der Waals surface area (Å²) in [5, 5.41) is 3.61. The lowest BCUT2D eigenvalue weighted by Gasteiger charge is -2.28. The van der Waals surface area contributed by atoms with Crippen molar-refractivity contribution in [3.05, 3.63) is 32.7 Å². The number of benzene rings is 1. The normalized spacial score (nSPS) is 24.2. The summed E-state index contributed by atoms with van der Waals surface area (Å²) >= 11 is 7.05. The molecule has 0 spiro atoms. The van der Waals surface area contributed by atoms with E-state index in [0.717, 1.165) is 33.9 Å². The molecule has 0 heterocycles. The number of nitrogens with one attached hydrogen (secondary N) is 1. The van der Waals surface area contributed by atoms with E-state index in [1.165, 1.54) is 31.2 Å². The van der Waals surface area contributed by atoms with Gasteiger partial charge in [-0.1, -0.05) is 32.3 Å². The Bertz CT molecular complexity index is 392. The van der Waals surface area contributed by atoms with Gasteiger partial charge in [-0.15, -0.1) is 0 Å². The Balaban J connectivity index is 1.79. The van der Waals surface area contributed by atoms with Crippen LogP contribution in [0.3, 0.4) is 0 Å². The average Bonchev–Trinajstić information content (AvgIpc) is 2.36. The van der Waals surface area contributed by atoms with Crippen LogP contribution in [-0.4, -0.2) is 6.54 Å². The molecule has 1 aromatic rings. The molecule has 1 aliphatic rings. The maximum absolute atomic E-state index is 3.61. The highest BCUT2D eigenvalue weighted by Gasteiger charge is 2.20. The molecule has 1 N–H and O–H groups in total. The molecule has 0 saturated heterocycles. The second-order valence-electron chi connectivity index (χ2n) is 5.40. The monoisotopic (exact) mass is 373 g/mol. The van der Waals surface area contributed by atoms with E-state index in [9.17, 15) is 0 Å². The largest absolute Gasteiger partial charge is 0.312 e. The number of hydrogen-bond donors (Lipinski definition) is 1. The van der Waals surface area contributed by atoms with Crippen molar-refractivity contribution in [1.29, 1.82) is 0 Å². The number of hydrogen-bond acceptors (Lipinski definition) is 1. The van der Waals surface area contributed by atoms with Crippen molar-refractivity contribution in [2.24, 2.45) is 11.8 Å². The van der Waals surface area contributed by atoms with Gasteiger partial charge in [0.25, 0.3) is 0 Å². The number of rotatable bonds is 4. The Morgan fingerprint density at radius 1 is 1.17 bits per heavy atom. The summed E-state index contributed by atoms with van der Waals surface area (Å²) in [4.78, 5) is 0. The first-order valence-corrected chi connectivity index (χ1v) is 8.40. The highest BCUT2D eigenvalue weighted by atomic mass is 79.9. The maximum atomic E-state index is 3.61. The van der Waals surface area contributed by atoms with Gasteiger partial charge in [-0.2, -0.15) is 0 Å². The van der Waals surface area contributed by atoms with Gasteiger partial charge in [0, 0.05) is 15.5 Å². The summed E-state index contributed by atoms with van der Waals surface area (Å²) in [6.45, 7) is 4.53. The summed E-state index contributed by atoms with van der Waals surface area (Å²) < 4.78 is 2.25. The van der Waals surface area contributed by atoms with E-state index in [1.54, 1.807) is 0 Å². The lowest BCUT2D eigenvalue weighted by molar-refractivity contribution is 0.247. The minimum absolute atomic E-state index is 0.873. The van der Waals surface area contributed by atoms with Gasteiger partial charge < -0.3 is 5.32 Å². The molecular weight excluding hydrogens is 354 g/mol. The van der Waals surface area contributed by atoms with Crippen LogP contribution in [0, 0.1) is 11.8 Å². The van der Waals surface area contributed by atoms with Crippen LogP contribution in [0.4, 0.5) is 0 Å². The molecule has 1 saturated carbocycles. The van der Waals surface area contributed by atoms with Crippen LogP contribution in [0.15, 0.2) is 27.1 Å². The minimum Gasteiger partial charge on any atom is -0.312 e. The van der Waals surface area contributed by atoms with Crippen LogP contribution in [0.1, 0.15) is 38.2 Å². The van der Waals surface area contributed by atoms with Gasteiger partial charge >= 0.3 is 0 Å². The SMILES string of the molecule is CC1CCCCC1CNCc1ccc(Br)c(Br)c1. The highest BCUT2D eigenvalue weighted by Crippen LogP contribution is 2.29. The van der Waals surface area contributed by atoms with E-state index in [0.29, 0.717) is 0 Å². The van der Waals surface area contributed by atoms with E-state index >= 15 is 0 Å². The van der Waals surface area contributed by atoms with Crippen molar-refractivity contribution in [2.75, 3.05) is 6.54 Å². The van der Waals surface area contributed by atoms with Gasteiger partial charge in [0.15, 0.2) is 0 Å². The molecule has 18 heavy (non-hydrogen) atoms. The summed E-state index contributed by atoms with van der Waals surface area (Å²) in [5.41, 5.74) is 1.34. The fraction of sp³-hybridized carbons (Fsp3) is 0.600. The van der Waals surface area contributed by atoms with Crippen molar-refractivity contribution in [2.45, 2.75) is 39.2 Å². The standard InChI is InChI=1S/C15H21Br2N/c1-11-4-2-3-5-13(11)10-18-9-12-6-7-14(16)15(17)8-12/h6-8,11,13,18H,2-5,9-10H2,1H3. The fourth-order valence-electron chi connectivity index (χ4n) is 2.75. The average molecular weight is 375 g/mol. The van der Waals surface area contributed by atoms with Gasteiger partial charge in [-0.05, 0) is 74.4 Å². The quantitative estimate of drug-likeness (QED) is 0.770. The van der Waals surface area contributed by atoms with E-state index in [1.807, 2.05) is 0 Å². The van der Waals surface area contributed by atoms with Crippen LogP contribution in [0.5, 0.6) is 0 Å². The number of halogens is 2. The predicted octanol–water partition coefficient (Wildman–Crippen LogP) is 5.13. The van der Waals surface area contributed by atoms with Crippen LogP contribution >= 0.6 is 31.9 Å². The molecular formula is C15H21Br2N. The second kappa shape index (κ2) is 7.06. The third-order valence-corrected chi connectivity index (χ3v) is 5.89.